The maximum atomic E-state index is 9.89. The van der Waals surface area contributed by atoms with Gasteiger partial charge in [-0.15, -0.1) is 4.52 Å². The van der Waals surface area contributed by atoms with E-state index in [1.54, 1.807) is 0 Å². The molecule has 1 N–H and O–H groups in total. The van der Waals surface area contributed by atoms with Crippen LogP contribution in [-0.4, -0.2) is 19.2 Å². The predicted octanol–water partition coefficient (Wildman–Crippen LogP) is 0.409. The molecule has 0 aromatic carbocycles. The Labute approximate surface area is 67.9 Å². The topological polar surface area (TPSA) is 61.4 Å². The van der Waals surface area contributed by atoms with E-state index in [0.29, 0.717) is 6.04 Å². The van der Waals surface area contributed by atoms with Crippen molar-refractivity contribution in [2.45, 2.75) is 26.3 Å². The lowest BCUT2D eigenvalue weighted by Gasteiger charge is -2.05. The van der Waals surface area contributed by atoms with Crippen molar-refractivity contribution in [2.24, 2.45) is 0 Å². The SMILES string of the molecule is CC(C)NCCCO[P+](=O)[O-]. The fourth-order valence-corrected chi connectivity index (χ4v) is 0.880. The van der Waals surface area contributed by atoms with E-state index in [0.717, 1.165) is 13.0 Å². The molecule has 0 radical (unpaired) electrons. The van der Waals surface area contributed by atoms with Crippen LogP contribution in [0.25, 0.3) is 0 Å². The van der Waals surface area contributed by atoms with E-state index in [9.17, 15) is 9.46 Å². The van der Waals surface area contributed by atoms with Crippen molar-refractivity contribution >= 4 is 8.25 Å². The highest BCUT2D eigenvalue weighted by Gasteiger charge is 1.99. The molecule has 0 rings (SSSR count). The van der Waals surface area contributed by atoms with Crippen molar-refractivity contribution in [1.82, 2.24) is 5.32 Å². The Morgan fingerprint density at radius 3 is 2.73 bits per heavy atom. The Morgan fingerprint density at radius 2 is 2.27 bits per heavy atom. The molecule has 11 heavy (non-hydrogen) atoms. The van der Waals surface area contributed by atoms with Gasteiger partial charge in [-0.1, -0.05) is 13.8 Å². The van der Waals surface area contributed by atoms with Crippen LogP contribution in [0.2, 0.25) is 0 Å². The van der Waals surface area contributed by atoms with E-state index in [1.807, 2.05) is 13.8 Å². The Bertz CT molecular complexity index is 118. The van der Waals surface area contributed by atoms with Gasteiger partial charge in [0.1, 0.15) is 6.61 Å². The molecule has 0 aromatic heterocycles. The molecule has 0 aliphatic heterocycles. The second-order valence-corrected chi connectivity index (χ2v) is 3.22. The first-order chi connectivity index (χ1) is 5.13. The standard InChI is InChI=1S/C6H14NO3P/c1-6(2)7-4-3-5-10-11(8)9/h6-7H,3-5H2,1-2H3. The molecule has 1 unspecified atom stereocenters. The van der Waals surface area contributed by atoms with Crippen LogP contribution in [0, 0.1) is 0 Å². The summed E-state index contributed by atoms with van der Waals surface area (Å²) in [7, 11) is -2.66. The summed E-state index contributed by atoms with van der Waals surface area (Å²) in [5.41, 5.74) is 0. The van der Waals surface area contributed by atoms with E-state index in [1.165, 1.54) is 0 Å². The molecule has 0 aromatic rings. The zero-order chi connectivity index (χ0) is 8.69. The molecule has 1 atom stereocenters. The van der Waals surface area contributed by atoms with Crippen LogP contribution >= 0.6 is 8.25 Å². The minimum Gasteiger partial charge on any atom is -0.566 e. The molecule has 0 saturated carbocycles. The van der Waals surface area contributed by atoms with Gasteiger partial charge in [-0.3, -0.25) is 0 Å². The summed E-state index contributed by atoms with van der Waals surface area (Å²) in [6.45, 7) is 5.14. The number of nitrogens with one attached hydrogen (secondary N) is 1. The van der Waals surface area contributed by atoms with Crippen LogP contribution in [0.3, 0.4) is 0 Å². The highest BCUT2D eigenvalue weighted by atomic mass is 31.1. The number of rotatable bonds is 6. The summed E-state index contributed by atoms with van der Waals surface area (Å²) >= 11 is 0. The van der Waals surface area contributed by atoms with Gasteiger partial charge >= 0.3 is 8.25 Å². The van der Waals surface area contributed by atoms with Crippen molar-refractivity contribution in [3.05, 3.63) is 0 Å². The number of hydrogen-bond donors (Lipinski definition) is 1. The van der Waals surface area contributed by atoms with Crippen LogP contribution < -0.4 is 10.2 Å². The summed E-state index contributed by atoms with van der Waals surface area (Å²) in [6.07, 6.45) is 0.724. The molecule has 5 heteroatoms. The van der Waals surface area contributed by atoms with Crippen LogP contribution in [0.4, 0.5) is 0 Å². The van der Waals surface area contributed by atoms with Crippen LogP contribution in [0.1, 0.15) is 20.3 Å². The van der Waals surface area contributed by atoms with Gasteiger partial charge < -0.3 is 10.2 Å². The first-order valence-corrected chi connectivity index (χ1v) is 4.73. The molecule has 0 spiro atoms. The quantitative estimate of drug-likeness (QED) is 0.473. The molecule has 0 saturated heterocycles. The van der Waals surface area contributed by atoms with Crippen LogP contribution in [0.15, 0.2) is 0 Å². The normalized spacial score (nSPS) is 12.2. The maximum Gasteiger partial charge on any atom is 0.488 e. The third-order valence-electron chi connectivity index (χ3n) is 1.07. The van der Waals surface area contributed by atoms with Gasteiger partial charge in [0, 0.05) is 6.04 Å². The van der Waals surface area contributed by atoms with Crippen LogP contribution in [-0.2, 0) is 9.09 Å². The van der Waals surface area contributed by atoms with E-state index >= 15 is 0 Å². The summed E-state index contributed by atoms with van der Waals surface area (Å²) in [5.74, 6) is 0. The second-order valence-electron chi connectivity index (χ2n) is 2.52. The predicted molar refractivity (Wildman–Crippen MR) is 41.3 cm³/mol. The molecular weight excluding hydrogens is 165 g/mol. The Hall–Kier alpha value is -0.0200. The van der Waals surface area contributed by atoms with Crippen LogP contribution in [0.5, 0.6) is 0 Å². The van der Waals surface area contributed by atoms with E-state index < -0.39 is 8.25 Å². The summed E-state index contributed by atoms with van der Waals surface area (Å²) in [6, 6.07) is 0.441. The van der Waals surface area contributed by atoms with Gasteiger partial charge in [-0.05, 0) is 17.5 Å². The largest absolute Gasteiger partial charge is 0.566 e. The lowest BCUT2D eigenvalue weighted by Crippen LogP contribution is -2.24. The van der Waals surface area contributed by atoms with Gasteiger partial charge in [0.2, 0.25) is 0 Å². The fraction of sp³-hybridized carbons (Fsp3) is 1.00. The molecule has 0 bridgehead atoms. The van der Waals surface area contributed by atoms with Crippen molar-refractivity contribution < 1.29 is 14.0 Å². The first-order valence-electron chi connectivity index (χ1n) is 3.63. The lowest BCUT2D eigenvalue weighted by atomic mass is 10.3. The minimum atomic E-state index is -2.66. The lowest BCUT2D eigenvalue weighted by molar-refractivity contribution is -0.185. The van der Waals surface area contributed by atoms with Gasteiger partial charge in [0.15, 0.2) is 0 Å². The highest BCUT2D eigenvalue weighted by Crippen LogP contribution is 2.07. The average molecular weight is 179 g/mol. The molecule has 0 aliphatic carbocycles. The van der Waals surface area contributed by atoms with Gasteiger partial charge in [-0.25, -0.2) is 0 Å². The summed E-state index contributed by atoms with van der Waals surface area (Å²) in [5, 5.41) is 3.14. The molecule has 0 fully saturated rings. The van der Waals surface area contributed by atoms with Gasteiger partial charge in [0.25, 0.3) is 0 Å². The fourth-order valence-electron chi connectivity index (χ4n) is 0.602. The third kappa shape index (κ3) is 9.98. The zero-order valence-electron chi connectivity index (χ0n) is 6.87. The molecule has 0 heterocycles. The Morgan fingerprint density at radius 1 is 1.64 bits per heavy atom. The van der Waals surface area contributed by atoms with Crippen molar-refractivity contribution in [3.8, 4) is 0 Å². The maximum absolute atomic E-state index is 9.89. The molecule has 4 nitrogen and oxygen atoms in total. The second kappa shape index (κ2) is 6.68. The minimum absolute atomic E-state index is 0.276. The third-order valence-corrected chi connectivity index (χ3v) is 1.46. The highest BCUT2D eigenvalue weighted by molar-refractivity contribution is 7.30. The Balaban J connectivity index is 2.97. The first kappa shape index (κ1) is 11.0. The number of hydrogen-bond acceptors (Lipinski definition) is 4. The molecule has 0 aliphatic rings. The Kier molecular flexibility index (Phi) is 6.66. The van der Waals surface area contributed by atoms with Crippen molar-refractivity contribution in [3.63, 3.8) is 0 Å². The monoisotopic (exact) mass is 179 g/mol. The van der Waals surface area contributed by atoms with E-state index in [4.69, 9.17) is 0 Å². The average Bonchev–Trinajstić information content (AvgIpc) is 1.85. The van der Waals surface area contributed by atoms with Crippen molar-refractivity contribution in [2.75, 3.05) is 13.2 Å². The molecule has 66 valence electrons. The van der Waals surface area contributed by atoms with Gasteiger partial charge in [-0.2, -0.15) is 0 Å². The smallest absolute Gasteiger partial charge is 0.488 e. The molecular formula is C6H14NO3P. The molecule has 0 amide bonds. The van der Waals surface area contributed by atoms with E-state index in [-0.39, 0.29) is 6.61 Å². The summed E-state index contributed by atoms with van der Waals surface area (Å²) in [4.78, 5) is 9.89. The van der Waals surface area contributed by atoms with Crippen molar-refractivity contribution in [1.29, 1.82) is 0 Å². The van der Waals surface area contributed by atoms with Gasteiger partial charge in [0.05, 0.1) is 0 Å². The summed E-state index contributed by atoms with van der Waals surface area (Å²) < 4.78 is 14.2. The zero-order valence-corrected chi connectivity index (χ0v) is 7.77. The van der Waals surface area contributed by atoms with E-state index in [2.05, 4.69) is 9.84 Å².